The van der Waals surface area contributed by atoms with Gasteiger partial charge in [-0.2, -0.15) is 0 Å². The van der Waals surface area contributed by atoms with Crippen LogP contribution in [0.4, 0.5) is 0 Å². The number of imidazole rings is 1. The molecule has 7 aromatic carbocycles. The second-order valence-corrected chi connectivity index (χ2v) is 9.74. The third-order valence-electron chi connectivity index (χ3n) is 7.50. The molecule has 41 heavy (non-hydrogen) atoms. The van der Waals surface area contributed by atoms with Gasteiger partial charge in [0.1, 0.15) is 5.82 Å². The van der Waals surface area contributed by atoms with Gasteiger partial charge < -0.3 is 0 Å². The van der Waals surface area contributed by atoms with Gasteiger partial charge in [0.25, 0.3) is 0 Å². The first-order chi connectivity index (χ1) is 25.5. The minimum absolute atomic E-state index is 0.0574. The third-order valence-corrected chi connectivity index (χ3v) is 7.50. The van der Waals surface area contributed by atoms with Gasteiger partial charge in [0.15, 0.2) is 0 Å². The predicted molar refractivity (Wildman–Crippen MR) is 174 cm³/mol. The normalized spacial score (nSPS) is 16.8. The SMILES string of the molecule is [2H]c1c([2H])c([2H])c2c(-c3ccc4ccccc4c3)c3c([2H])c([2H])c([2H])c([2H])c3c(-c3ccc(-n4c(C([2H])([2H])C([2H])([2H])[2H])nc5ccccc54)cc3)c2c1[2H]. The number of hydrogen-bond donors (Lipinski definition) is 0. The van der Waals surface area contributed by atoms with E-state index in [4.69, 9.17) is 12.3 Å². The number of benzene rings is 7. The minimum atomic E-state index is -3.05. The van der Waals surface area contributed by atoms with Gasteiger partial charge in [-0.05, 0) is 84.9 Å². The van der Waals surface area contributed by atoms with Crippen molar-refractivity contribution in [3.63, 3.8) is 0 Å². The Kier molecular flexibility index (Phi) is 3.21. The van der Waals surface area contributed by atoms with Crippen LogP contribution in [0.3, 0.4) is 0 Å². The van der Waals surface area contributed by atoms with Gasteiger partial charge in [0, 0.05) is 18.9 Å². The molecule has 0 radical (unpaired) electrons. The van der Waals surface area contributed by atoms with E-state index in [-0.39, 0.29) is 50.6 Å². The first-order valence-electron chi connectivity index (χ1n) is 19.6. The number of aromatic nitrogens is 2. The van der Waals surface area contributed by atoms with Gasteiger partial charge >= 0.3 is 0 Å². The molecule has 0 saturated carbocycles. The lowest BCUT2D eigenvalue weighted by atomic mass is 9.85. The maximum atomic E-state index is 9.21. The Labute approximate surface area is 257 Å². The minimum Gasteiger partial charge on any atom is -0.296 e. The lowest BCUT2D eigenvalue weighted by Crippen LogP contribution is -2.00. The van der Waals surface area contributed by atoms with Crippen molar-refractivity contribution >= 4 is 43.4 Å². The van der Waals surface area contributed by atoms with Crippen molar-refractivity contribution in [1.29, 1.82) is 0 Å². The Balaban J connectivity index is 1.50. The van der Waals surface area contributed by atoms with E-state index in [1.54, 1.807) is 54.6 Å². The number of rotatable bonds is 4. The van der Waals surface area contributed by atoms with E-state index in [2.05, 4.69) is 4.98 Å². The van der Waals surface area contributed by atoms with Crippen LogP contribution in [0, 0.1) is 0 Å². The summed E-state index contributed by atoms with van der Waals surface area (Å²) in [6.45, 7) is -3.05. The second-order valence-electron chi connectivity index (χ2n) is 9.74. The van der Waals surface area contributed by atoms with Gasteiger partial charge in [-0.3, -0.25) is 4.57 Å². The zero-order valence-electron chi connectivity index (χ0n) is 34.6. The number of hydrogen-bond acceptors (Lipinski definition) is 1. The lowest BCUT2D eigenvalue weighted by molar-refractivity contribution is 0.908. The van der Waals surface area contributed by atoms with Crippen molar-refractivity contribution in [2.75, 3.05) is 0 Å². The highest BCUT2D eigenvalue weighted by atomic mass is 15.1. The summed E-state index contributed by atoms with van der Waals surface area (Å²) < 4.78 is 114. The summed E-state index contributed by atoms with van der Waals surface area (Å²) in [4.78, 5) is 4.39. The fourth-order valence-electron chi connectivity index (χ4n) is 5.70. The van der Waals surface area contributed by atoms with Gasteiger partial charge in [0.2, 0.25) is 0 Å². The van der Waals surface area contributed by atoms with E-state index in [1.807, 2.05) is 36.4 Å². The number of nitrogens with zero attached hydrogens (tertiary/aromatic N) is 2. The van der Waals surface area contributed by atoms with Crippen molar-refractivity contribution in [2.45, 2.75) is 13.2 Å². The summed E-state index contributed by atoms with van der Waals surface area (Å²) in [5.41, 5.74) is 2.42. The second kappa shape index (κ2) is 9.46. The fourth-order valence-corrected chi connectivity index (χ4v) is 5.70. The average molecular weight is 538 g/mol. The fraction of sp³-hybridized carbons (Fsp3) is 0.0513. The summed E-state index contributed by atoms with van der Waals surface area (Å²) in [6.07, 6.45) is -2.85. The van der Waals surface area contributed by atoms with E-state index in [9.17, 15) is 5.48 Å². The van der Waals surface area contributed by atoms with Crippen molar-refractivity contribution in [3.05, 3.63) is 145 Å². The highest BCUT2D eigenvalue weighted by Crippen LogP contribution is 2.44. The van der Waals surface area contributed by atoms with E-state index in [0.717, 1.165) is 10.8 Å². The van der Waals surface area contributed by atoms with Crippen LogP contribution in [0.15, 0.2) is 139 Å². The zero-order valence-corrected chi connectivity index (χ0v) is 21.6. The Bertz CT molecular complexity index is 2800. The molecule has 0 spiro atoms. The van der Waals surface area contributed by atoms with Crippen LogP contribution in [0.1, 0.15) is 30.5 Å². The maximum absolute atomic E-state index is 9.21. The van der Waals surface area contributed by atoms with Crippen LogP contribution in [-0.4, -0.2) is 9.55 Å². The molecule has 2 nitrogen and oxygen atoms in total. The number of para-hydroxylation sites is 2. The molecule has 0 aliphatic heterocycles. The highest BCUT2D eigenvalue weighted by molar-refractivity contribution is 6.21. The monoisotopic (exact) mass is 537 g/mol. The highest BCUT2D eigenvalue weighted by Gasteiger charge is 2.17. The van der Waals surface area contributed by atoms with E-state index in [0.29, 0.717) is 27.8 Å². The molecular weight excluding hydrogens is 496 g/mol. The molecule has 8 rings (SSSR count). The molecule has 1 heterocycles. The molecule has 0 aliphatic rings. The molecule has 0 saturated heterocycles. The van der Waals surface area contributed by atoms with Gasteiger partial charge in [-0.15, -0.1) is 0 Å². The van der Waals surface area contributed by atoms with E-state index in [1.165, 1.54) is 4.57 Å². The van der Waals surface area contributed by atoms with Crippen molar-refractivity contribution in [2.24, 2.45) is 0 Å². The van der Waals surface area contributed by atoms with Crippen molar-refractivity contribution in [3.8, 4) is 27.9 Å². The number of aryl methyl sites for hydroxylation is 1. The van der Waals surface area contributed by atoms with Crippen molar-refractivity contribution < 1.29 is 17.8 Å². The maximum Gasteiger partial charge on any atom is 0.114 e. The van der Waals surface area contributed by atoms with Crippen molar-refractivity contribution in [1.82, 2.24) is 9.55 Å². The van der Waals surface area contributed by atoms with Crippen LogP contribution in [-0.2, 0) is 6.37 Å². The predicted octanol–water partition coefficient (Wildman–Crippen LogP) is 10.4. The Hall–Kier alpha value is -5.21. The number of fused-ring (bicyclic) bond motifs is 4. The standard InChI is InChI=1S/C39H28N2/c1-2-37-40-35-17-9-10-18-36(35)41(37)30-23-21-27(22-24-30)38-31-13-5-7-15-33(31)39(34-16-8-6-14-32(34)38)29-20-19-26-11-3-4-12-28(26)25-29/h3-25H,2H2,1H3/i1D3,2D2,5D,6D,7D,8D,13D,14D,15D,16D. The van der Waals surface area contributed by atoms with Crippen LogP contribution in [0.5, 0.6) is 0 Å². The smallest absolute Gasteiger partial charge is 0.114 e. The zero-order chi connectivity index (χ0) is 38.6. The van der Waals surface area contributed by atoms with E-state index >= 15 is 0 Å². The van der Waals surface area contributed by atoms with Crippen LogP contribution in [0.25, 0.3) is 71.3 Å². The molecule has 0 amide bonds. The Morgan fingerprint density at radius 1 is 0.659 bits per heavy atom. The quantitative estimate of drug-likeness (QED) is 0.204. The molecule has 0 atom stereocenters. The molecule has 8 aromatic rings. The van der Waals surface area contributed by atoms with E-state index < -0.39 is 49.5 Å². The molecular formula is C39H28N2. The summed E-state index contributed by atoms with van der Waals surface area (Å²) in [7, 11) is 0. The third kappa shape index (κ3) is 3.76. The van der Waals surface area contributed by atoms with Crippen LogP contribution >= 0.6 is 0 Å². The Morgan fingerprint density at radius 3 is 1.93 bits per heavy atom. The summed E-state index contributed by atoms with van der Waals surface area (Å²) >= 11 is 0. The first-order valence-corrected chi connectivity index (χ1v) is 13.1. The first kappa shape index (κ1) is 13.9. The molecule has 1 aromatic heterocycles. The molecule has 0 unspecified atom stereocenters. The molecule has 0 bridgehead atoms. The molecule has 0 fully saturated rings. The Morgan fingerprint density at radius 2 is 1.24 bits per heavy atom. The summed E-state index contributed by atoms with van der Waals surface area (Å²) in [5.74, 6) is -0.338. The topological polar surface area (TPSA) is 17.8 Å². The summed E-state index contributed by atoms with van der Waals surface area (Å²) in [6, 6.07) is 22.6. The summed E-state index contributed by atoms with van der Waals surface area (Å²) in [5, 5.41) is 2.02. The molecule has 0 aliphatic carbocycles. The van der Waals surface area contributed by atoms with Crippen LogP contribution < -0.4 is 0 Å². The van der Waals surface area contributed by atoms with Gasteiger partial charge in [0.05, 0.1) is 22.0 Å². The molecule has 0 N–H and O–H groups in total. The lowest BCUT2D eigenvalue weighted by Gasteiger charge is -2.18. The molecule has 194 valence electrons. The van der Waals surface area contributed by atoms with Gasteiger partial charge in [-0.1, -0.05) is 116 Å². The average Bonchev–Trinajstić information content (AvgIpc) is 3.56. The molecule has 2 heteroatoms. The largest absolute Gasteiger partial charge is 0.296 e. The van der Waals surface area contributed by atoms with Gasteiger partial charge in [-0.25, -0.2) is 4.98 Å². The van der Waals surface area contributed by atoms with Crippen LogP contribution in [0.2, 0.25) is 0 Å².